The Bertz CT molecular complexity index is 557. The summed E-state index contributed by atoms with van der Waals surface area (Å²) in [5.74, 6) is 0.973. The molecule has 1 aliphatic rings. The van der Waals surface area contributed by atoms with Gasteiger partial charge in [0.2, 0.25) is 0 Å². The number of nitrogens with one attached hydrogen (secondary N) is 1. The van der Waals surface area contributed by atoms with Gasteiger partial charge in [-0.05, 0) is 30.4 Å². The van der Waals surface area contributed by atoms with E-state index in [1.54, 1.807) is 6.33 Å². The number of hydrogen-bond donors (Lipinski definition) is 1. The highest BCUT2D eigenvalue weighted by atomic mass is 15.0. The fourth-order valence-electron chi connectivity index (χ4n) is 2.88. The third-order valence-electron chi connectivity index (χ3n) is 4.11. The molecule has 0 radical (unpaired) electrons. The first-order valence-corrected chi connectivity index (χ1v) is 6.63. The molecule has 1 atom stereocenters. The summed E-state index contributed by atoms with van der Waals surface area (Å²) < 4.78 is 0. The Morgan fingerprint density at radius 1 is 1.22 bits per heavy atom. The van der Waals surface area contributed by atoms with E-state index >= 15 is 0 Å². The van der Waals surface area contributed by atoms with Crippen molar-refractivity contribution >= 4 is 16.7 Å². The molecule has 94 valence electrons. The summed E-state index contributed by atoms with van der Waals surface area (Å²) in [6.07, 6.45) is 5.46. The zero-order chi connectivity index (χ0) is 12.6. The van der Waals surface area contributed by atoms with Gasteiger partial charge in [0.25, 0.3) is 0 Å². The molecule has 0 aliphatic heterocycles. The first-order valence-electron chi connectivity index (χ1n) is 6.63. The van der Waals surface area contributed by atoms with Crippen molar-refractivity contribution in [2.24, 2.45) is 5.41 Å². The second-order valence-electron chi connectivity index (χ2n) is 5.82. The van der Waals surface area contributed by atoms with Crippen LogP contribution >= 0.6 is 0 Å². The van der Waals surface area contributed by atoms with E-state index in [1.807, 2.05) is 18.2 Å². The Balaban J connectivity index is 1.95. The maximum Gasteiger partial charge on any atom is 0.137 e. The predicted molar refractivity (Wildman–Crippen MR) is 74.6 cm³/mol. The lowest BCUT2D eigenvalue weighted by atomic mass is 9.87. The lowest BCUT2D eigenvalue weighted by Crippen LogP contribution is -2.31. The molecule has 3 rings (SSSR count). The summed E-state index contributed by atoms with van der Waals surface area (Å²) in [6.45, 7) is 4.67. The average molecular weight is 241 g/mol. The lowest BCUT2D eigenvalue weighted by Gasteiger charge is -2.28. The number of fused-ring (bicyclic) bond motifs is 1. The van der Waals surface area contributed by atoms with Gasteiger partial charge in [-0.2, -0.15) is 0 Å². The highest BCUT2D eigenvalue weighted by Gasteiger charge is 2.34. The second-order valence-corrected chi connectivity index (χ2v) is 5.82. The maximum absolute atomic E-state index is 4.41. The summed E-state index contributed by atoms with van der Waals surface area (Å²) >= 11 is 0. The summed E-state index contributed by atoms with van der Waals surface area (Å²) in [4.78, 5) is 8.72. The highest BCUT2D eigenvalue weighted by molar-refractivity contribution is 5.88. The first kappa shape index (κ1) is 11.5. The van der Waals surface area contributed by atoms with Crippen LogP contribution < -0.4 is 5.32 Å². The molecule has 3 heteroatoms. The van der Waals surface area contributed by atoms with E-state index in [-0.39, 0.29) is 0 Å². The molecule has 1 aliphatic carbocycles. The molecule has 0 amide bonds. The van der Waals surface area contributed by atoms with Crippen LogP contribution in [0.5, 0.6) is 0 Å². The molecule has 0 saturated heterocycles. The summed E-state index contributed by atoms with van der Waals surface area (Å²) in [6, 6.07) is 8.67. The van der Waals surface area contributed by atoms with Crippen molar-refractivity contribution < 1.29 is 0 Å². The fourth-order valence-corrected chi connectivity index (χ4v) is 2.88. The van der Waals surface area contributed by atoms with Crippen LogP contribution in [0.3, 0.4) is 0 Å². The van der Waals surface area contributed by atoms with Crippen LogP contribution in [0.1, 0.15) is 33.1 Å². The largest absolute Gasteiger partial charge is 0.366 e. The number of nitrogens with zero attached hydrogens (tertiary/aromatic N) is 2. The maximum atomic E-state index is 4.41. The van der Waals surface area contributed by atoms with E-state index in [1.165, 1.54) is 19.3 Å². The van der Waals surface area contributed by atoms with Crippen LogP contribution in [0.15, 0.2) is 30.6 Å². The van der Waals surface area contributed by atoms with Crippen molar-refractivity contribution in [2.75, 3.05) is 5.32 Å². The SMILES string of the molecule is CC1(C)CCCC1Nc1ncnc2ccccc12. The van der Waals surface area contributed by atoms with E-state index in [0.29, 0.717) is 11.5 Å². The average Bonchev–Trinajstić information content (AvgIpc) is 2.69. The number of anilines is 1. The van der Waals surface area contributed by atoms with Gasteiger partial charge in [-0.15, -0.1) is 0 Å². The Morgan fingerprint density at radius 2 is 2.06 bits per heavy atom. The smallest absolute Gasteiger partial charge is 0.137 e. The number of hydrogen-bond acceptors (Lipinski definition) is 3. The van der Waals surface area contributed by atoms with E-state index < -0.39 is 0 Å². The summed E-state index contributed by atoms with van der Waals surface area (Å²) in [5.41, 5.74) is 1.36. The Morgan fingerprint density at radius 3 is 2.83 bits per heavy atom. The number of rotatable bonds is 2. The van der Waals surface area contributed by atoms with Gasteiger partial charge in [-0.1, -0.05) is 32.4 Å². The fraction of sp³-hybridized carbons (Fsp3) is 0.467. The van der Waals surface area contributed by atoms with Crippen molar-refractivity contribution in [3.63, 3.8) is 0 Å². The van der Waals surface area contributed by atoms with Crippen LogP contribution in [0.4, 0.5) is 5.82 Å². The normalized spacial score (nSPS) is 22.2. The van der Waals surface area contributed by atoms with E-state index in [9.17, 15) is 0 Å². The number of para-hydroxylation sites is 1. The van der Waals surface area contributed by atoms with Gasteiger partial charge < -0.3 is 5.32 Å². The van der Waals surface area contributed by atoms with Gasteiger partial charge in [0, 0.05) is 11.4 Å². The zero-order valence-corrected chi connectivity index (χ0v) is 11.0. The van der Waals surface area contributed by atoms with Crippen LogP contribution in [-0.2, 0) is 0 Å². The van der Waals surface area contributed by atoms with Crippen molar-refractivity contribution in [1.29, 1.82) is 0 Å². The molecule has 1 unspecified atom stereocenters. The molecule has 1 N–H and O–H groups in total. The molecule has 1 aromatic heterocycles. The van der Waals surface area contributed by atoms with Crippen molar-refractivity contribution in [1.82, 2.24) is 9.97 Å². The minimum absolute atomic E-state index is 0.353. The van der Waals surface area contributed by atoms with Gasteiger partial charge in [0.15, 0.2) is 0 Å². The zero-order valence-electron chi connectivity index (χ0n) is 11.0. The van der Waals surface area contributed by atoms with Gasteiger partial charge in [0.1, 0.15) is 12.1 Å². The quantitative estimate of drug-likeness (QED) is 0.872. The first-order chi connectivity index (χ1) is 8.67. The van der Waals surface area contributed by atoms with Crippen molar-refractivity contribution in [3.8, 4) is 0 Å². The standard InChI is InChI=1S/C15H19N3/c1-15(2)9-5-8-13(15)18-14-11-6-3-4-7-12(11)16-10-17-14/h3-4,6-7,10,13H,5,8-9H2,1-2H3,(H,16,17,18). The highest BCUT2D eigenvalue weighted by Crippen LogP contribution is 2.39. The van der Waals surface area contributed by atoms with Crippen LogP contribution in [0.25, 0.3) is 10.9 Å². The second kappa shape index (κ2) is 4.23. The van der Waals surface area contributed by atoms with Gasteiger partial charge in [-0.3, -0.25) is 0 Å². The van der Waals surface area contributed by atoms with Crippen molar-refractivity contribution in [2.45, 2.75) is 39.2 Å². The molecule has 2 aromatic rings. The molecule has 3 nitrogen and oxygen atoms in total. The third kappa shape index (κ3) is 1.94. The Labute approximate surface area is 108 Å². The number of benzene rings is 1. The van der Waals surface area contributed by atoms with Gasteiger partial charge in [0.05, 0.1) is 5.52 Å². The monoisotopic (exact) mass is 241 g/mol. The molecule has 1 aromatic carbocycles. The van der Waals surface area contributed by atoms with E-state index in [4.69, 9.17) is 0 Å². The molecule has 1 heterocycles. The Kier molecular flexibility index (Phi) is 2.69. The molecule has 1 fully saturated rings. The van der Waals surface area contributed by atoms with E-state index in [2.05, 4.69) is 35.2 Å². The molecule has 18 heavy (non-hydrogen) atoms. The minimum atomic E-state index is 0.353. The molecule has 0 spiro atoms. The molecule has 0 bridgehead atoms. The molecular weight excluding hydrogens is 222 g/mol. The van der Waals surface area contributed by atoms with Crippen LogP contribution in [-0.4, -0.2) is 16.0 Å². The Hall–Kier alpha value is -1.64. The minimum Gasteiger partial charge on any atom is -0.366 e. The summed E-state index contributed by atoms with van der Waals surface area (Å²) in [5, 5.41) is 4.74. The van der Waals surface area contributed by atoms with Crippen LogP contribution in [0.2, 0.25) is 0 Å². The molecule has 1 saturated carbocycles. The van der Waals surface area contributed by atoms with Crippen LogP contribution in [0, 0.1) is 5.41 Å². The van der Waals surface area contributed by atoms with E-state index in [0.717, 1.165) is 16.7 Å². The van der Waals surface area contributed by atoms with Crippen molar-refractivity contribution in [3.05, 3.63) is 30.6 Å². The third-order valence-corrected chi connectivity index (χ3v) is 4.11. The summed E-state index contributed by atoms with van der Waals surface area (Å²) in [7, 11) is 0. The predicted octanol–water partition coefficient (Wildman–Crippen LogP) is 3.62. The molecular formula is C15H19N3. The van der Waals surface area contributed by atoms with Gasteiger partial charge in [-0.25, -0.2) is 9.97 Å². The lowest BCUT2D eigenvalue weighted by molar-refractivity contribution is 0.349. The number of aromatic nitrogens is 2. The van der Waals surface area contributed by atoms with Gasteiger partial charge >= 0.3 is 0 Å². The topological polar surface area (TPSA) is 37.8 Å².